The predicted molar refractivity (Wildman–Crippen MR) is 98.0 cm³/mol. The van der Waals surface area contributed by atoms with Crippen LogP contribution in [-0.2, 0) is 11.3 Å². The second-order valence-corrected chi connectivity index (χ2v) is 7.63. The van der Waals surface area contributed by atoms with Gasteiger partial charge in [0.15, 0.2) is 0 Å². The highest BCUT2D eigenvalue weighted by molar-refractivity contribution is 5.64. The third kappa shape index (κ3) is 3.93. The highest BCUT2D eigenvalue weighted by Crippen LogP contribution is 2.29. The molecular formula is C21H25N3O. The Kier molecular flexibility index (Phi) is 4.35. The van der Waals surface area contributed by atoms with E-state index in [0.717, 1.165) is 42.8 Å². The Balaban J connectivity index is 1.50. The Morgan fingerprint density at radius 2 is 2.20 bits per heavy atom. The zero-order valence-corrected chi connectivity index (χ0v) is 15.1. The van der Waals surface area contributed by atoms with Crippen molar-refractivity contribution in [1.29, 1.82) is 0 Å². The average Bonchev–Trinajstić information content (AvgIpc) is 3.32. The molecule has 4 nitrogen and oxygen atoms in total. The van der Waals surface area contributed by atoms with Crippen LogP contribution in [0.1, 0.15) is 50.2 Å². The standard InChI is InChI=1S/C21H25N3O/c1-16-13-18(8-7-17-5-6-17)9-10-19(16)20-14-24(23-22-20)15-21(2)11-3-4-12-25-21/h9-10,13-14,17H,3-6,11-12,15H2,1-2H3. The maximum Gasteiger partial charge on any atom is 0.113 e. The van der Waals surface area contributed by atoms with E-state index in [9.17, 15) is 0 Å². The fourth-order valence-corrected chi connectivity index (χ4v) is 3.40. The van der Waals surface area contributed by atoms with Crippen molar-refractivity contribution in [1.82, 2.24) is 15.0 Å². The van der Waals surface area contributed by atoms with Crippen molar-refractivity contribution in [3.05, 3.63) is 35.5 Å². The third-order valence-electron chi connectivity index (χ3n) is 5.09. The summed E-state index contributed by atoms with van der Waals surface area (Å²) in [6.07, 6.45) is 8.01. The van der Waals surface area contributed by atoms with E-state index in [1.54, 1.807) is 0 Å². The molecule has 2 aliphatic rings. The van der Waals surface area contributed by atoms with Gasteiger partial charge in [0.2, 0.25) is 0 Å². The summed E-state index contributed by atoms with van der Waals surface area (Å²) >= 11 is 0. The average molecular weight is 335 g/mol. The summed E-state index contributed by atoms with van der Waals surface area (Å²) in [5.74, 6) is 7.23. The van der Waals surface area contributed by atoms with Crippen LogP contribution in [0.4, 0.5) is 0 Å². The normalized spacial score (nSPS) is 23.1. The van der Waals surface area contributed by atoms with Crippen LogP contribution < -0.4 is 0 Å². The van der Waals surface area contributed by atoms with Crippen molar-refractivity contribution in [2.24, 2.45) is 5.92 Å². The fraction of sp³-hybridized carbons (Fsp3) is 0.524. The summed E-state index contributed by atoms with van der Waals surface area (Å²) in [7, 11) is 0. The van der Waals surface area contributed by atoms with E-state index in [-0.39, 0.29) is 5.60 Å². The van der Waals surface area contributed by atoms with Gasteiger partial charge in [-0.1, -0.05) is 23.1 Å². The molecule has 2 heterocycles. The Hall–Kier alpha value is -2.12. The second-order valence-electron chi connectivity index (χ2n) is 7.63. The van der Waals surface area contributed by atoms with Gasteiger partial charge in [0, 0.05) is 23.7 Å². The number of rotatable bonds is 3. The molecule has 1 saturated carbocycles. The monoisotopic (exact) mass is 335 g/mol. The van der Waals surface area contributed by atoms with Crippen molar-refractivity contribution < 1.29 is 4.74 Å². The zero-order chi connectivity index (χ0) is 17.3. The van der Waals surface area contributed by atoms with Crippen LogP contribution in [-0.4, -0.2) is 27.2 Å². The molecule has 1 atom stereocenters. The third-order valence-corrected chi connectivity index (χ3v) is 5.09. The lowest BCUT2D eigenvalue weighted by molar-refractivity contribution is -0.0774. The number of ether oxygens (including phenoxy) is 1. The SMILES string of the molecule is Cc1cc(C#CC2CC2)ccc1-c1cn(CC2(C)CCCCO2)nn1. The summed E-state index contributed by atoms with van der Waals surface area (Å²) in [6.45, 7) is 5.89. The molecule has 1 aliphatic carbocycles. The number of hydrogen-bond acceptors (Lipinski definition) is 3. The van der Waals surface area contributed by atoms with E-state index >= 15 is 0 Å². The van der Waals surface area contributed by atoms with Crippen LogP contribution in [0.3, 0.4) is 0 Å². The summed E-state index contributed by atoms with van der Waals surface area (Å²) in [6, 6.07) is 6.34. The van der Waals surface area contributed by atoms with Crippen molar-refractivity contribution in [2.75, 3.05) is 6.61 Å². The van der Waals surface area contributed by atoms with Crippen molar-refractivity contribution >= 4 is 0 Å². The minimum absolute atomic E-state index is 0.124. The number of nitrogens with zero attached hydrogens (tertiary/aromatic N) is 3. The molecule has 0 spiro atoms. The molecule has 0 N–H and O–H groups in total. The van der Waals surface area contributed by atoms with Gasteiger partial charge in [-0.2, -0.15) is 0 Å². The van der Waals surface area contributed by atoms with Crippen molar-refractivity contribution in [3.8, 4) is 23.1 Å². The second kappa shape index (κ2) is 6.65. The molecule has 1 aromatic heterocycles. The van der Waals surface area contributed by atoms with Crippen LogP contribution in [0.2, 0.25) is 0 Å². The first-order valence-corrected chi connectivity index (χ1v) is 9.28. The topological polar surface area (TPSA) is 39.9 Å². The van der Waals surface area contributed by atoms with Gasteiger partial charge in [-0.15, -0.1) is 5.10 Å². The Morgan fingerprint density at radius 3 is 2.92 bits per heavy atom. The highest BCUT2D eigenvalue weighted by atomic mass is 16.5. The number of benzene rings is 1. The lowest BCUT2D eigenvalue weighted by Crippen LogP contribution is -2.37. The van der Waals surface area contributed by atoms with Gasteiger partial charge in [0.25, 0.3) is 0 Å². The van der Waals surface area contributed by atoms with Gasteiger partial charge in [-0.05, 0) is 63.6 Å². The van der Waals surface area contributed by atoms with Gasteiger partial charge in [-0.3, -0.25) is 0 Å². The molecule has 1 aromatic carbocycles. The molecule has 0 amide bonds. The summed E-state index contributed by atoms with van der Waals surface area (Å²) < 4.78 is 7.89. The largest absolute Gasteiger partial charge is 0.373 e. The number of aromatic nitrogens is 3. The van der Waals surface area contributed by atoms with Gasteiger partial charge in [0.1, 0.15) is 5.69 Å². The maximum absolute atomic E-state index is 5.97. The molecule has 25 heavy (non-hydrogen) atoms. The van der Waals surface area contributed by atoms with E-state index in [1.165, 1.54) is 24.8 Å². The molecule has 0 radical (unpaired) electrons. The molecule has 0 bridgehead atoms. The number of aryl methyl sites for hydroxylation is 1. The highest BCUT2D eigenvalue weighted by Gasteiger charge is 2.29. The van der Waals surface area contributed by atoms with Crippen molar-refractivity contribution in [2.45, 2.75) is 58.1 Å². The molecular weight excluding hydrogens is 310 g/mol. The van der Waals surface area contributed by atoms with Crippen LogP contribution in [0.15, 0.2) is 24.4 Å². The summed E-state index contributed by atoms with van der Waals surface area (Å²) in [5.41, 5.74) is 4.19. The maximum atomic E-state index is 5.97. The molecule has 4 rings (SSSR count). The lowest BCUT2D eigenvalue weighted by Gasteiger charge is -2.33. The number of hydrogen-bond donors (Lipinski definition) is 0. The first kappa shape index (κ1) is 16.4. The smallest absolute Gasteiger partial charge is 0.113 e. The Labute approximate surface area is 149 Å². The molecule has 2 aromatic rings. The van der Waals surface area contributed by atoms with Gasteiger partial charge in [-0.25, -0.2) is 4.68 Å². The molecule has 130 valence electrons. The zero-order valence-electron chi connectivity index (χ0n) is 15.1. The quantitative estimate of drug-likeness (QED) is 0.797. The minimum atomic E-state index is -0.124. The predicted octanol–water partition coefficient (Wildman–Crippen LogP) is 3.97. The molecule has 4 heteroatoms. The van der Waals surface area contributed by atoms with E-state index in [1.807, 2.05) is 10.9 Å². The fourth-order valence-electron chi connectivity index (χ4n) is 3.40. The van der Waals surface area contributed by atoms with Crippen LogP contribution in [0, 0.1) is 24.7 Å². The van der Waals surface area contributed by atoms with Gasteiger partial charge < -0.3 is 4.74 Å². The summed E-state index contributed by atoms with van der Waals surface area (Å²) in [5, 5.41) is 8.70. The molecule has 2 fully saturated rings. The van der Waals surface area contributed by atoms with E-state index in [0.29, 0.717) is 5.92 Å². The summed E-state index contributed by atoms with van der Waals surface area (Å²) in [4.78, 5) is 0. The van der Waals surface area contributed by atoms with Crippen LogP contribution in [0.5, 0.6) is 0 Å². The van der Waals surface area contributed by atoms with Crippen LogP contribution >= 0.6 is 0 Å². The van der Waals surface area contributed by atoms with Gasteiger partial charge in [0.05, 0.1) is 18.3 Å². The first-order chi connectivity index (χ1) is 12.1. The molecule has 1 unspecified atom stereocenters. The van der Waals surface area contributed by atoms with E-state index in [2.05, 4.69) is 54.2 Å². The molecule has 1 aliphatic heterocycles. The first-order valence-electron chi connectivity index (χ1n) is 9.28. The van der Waals surface area contributed by atoms with E-state index in [4.69, 9.17) is 4.74 Å². The van der Waals surface area contributed by atoms with E-state index < -0.39 is 0 Å². The minimum Gasteiger partial charge on any atom is -0.373 e. The molecule has 1 saturated heterocycles. The lowest BCUT2D eigenvalue weighted by atomic mass is 9.96. The Morgan fingerprint density at radius 1 is 1.32 bits per heavy atom. The van der Waals surface area contributed by atoms with Crippen molar-refractivity contribution in [3.63, 3.8) is 0 Å². The Bertz CT molecular complexity index is 817. The van der Waals surface area contributed by atoms with Crippen LogP contribution in [0.25, 0.3) is 11.3 Å². The van der Waals surface area contributed by atoms with Gasteiger partial charge >= 0.3 is 0 Å².